The summed E-state index contributed by atoms with van der Waals surface area (Å²) in [6.07, 6.45) is 2.93. The molecule has 7 heteroatoms. The lowest BCUT2D eigenvalue weighted by Gasteiger charge is -2.34. The van der Waals surface area contributed by atoms with E-state index in [2.05, 4.69) is 9.88 Å². The van der Waals surface area contributed by atoms with E-state index in [1.807, 2.05) is 12.3 Å². The lowest BCUT2D eigenvalue weighted by Crippen LogP contribution is -2.46. The number of aryl methyl sites for hydroxylation is 1. The molecule has 2 fully saturated rings. The van der Waals surface area contributed by atoms with E-state index in [9.17, 15) is 14.7 Å². The van der Waals surface area contributed by atoms with Gasteiger partial charge in [-0.2, -0.15) is 0 Å². The van der Waals surface area contributed by atoms with Crippen LogP contribution in [-0.4, -0.2) is 52.5 Å². The predicted octanol–water partition coefficient (Wildman–Crippen LogP) is 1.74. The van der Waals surface area contributed by atoms with Crippen molar-refractivity contribution < 1.29 is 14.7 Å². The topological polar surface area (TPSA) is 73.7 Å². The van der Waals surface area contributed by atoms with E-state index in [-0.39, 0.29) is 11.8 Å². The van der Waals surface area contributed by atoms with Crippen LogP contribution in [0.4, 0.5) is 5.13 Å². The molecule has 0 bridgehead atoms. The first-order valence-corrected chi connectivity index (χ1v) is 8.64. The van der Waals surface area contributed by atoms with Crippen LogP contribution in [0.25, 0.3) is 0 Å². The number of aromatic nitrogens is 1. The maximum absolute atomic E-state index is 12.6. The maximum atomic E-state index is 12.6. The number of carboxylic acids is 1. The van der Waals surface area contributed by atoms with Crippen LogP contribution in [0.2, 0.25) is 0 Å². The maximum Gasteiger partial charge on any atom is 0.326 e. The Kier molecular flexibility index (Phi) is 4.33. The van der Waals surface area contributed by atoms with Gasteiger partial charge in [-0.15, -0.1) is 11.3 Å². The van der Waals surface area contributed by atoms with Crippen LogP contribution in [0.5, 0.6) is 0 Å². The minimum absolute atomic E-state index is 0.0277. The number of rotatable bonds is 3. The number of hydrogen-bond acceptors (Lipinski definition) is 5. The Morgan fingerprint density at radius 3 is 2.59 bits per heavy atom. The molecule has 6 nitrogen and oxygen atoms in total. The van der Waals surface area contributed by atoms with Crippen molar-refractivity contribution in [2.75, 3.05) is 24.5 Å². The monoisotopic (exact) mass is 323 g/mol. The minimum atomic E-state index is -0.874. The molecule has 2 aliphatic heterocycles. The predicted molar refractivity (Wildman–Crippen MR) is 84.2 cm³/mol. The molecular formula is C15H21N3O3S. The highest BCUT2D eigenvalue weighted by molar-refractivity contribution is 7.13. The summed E-state index contributed by atoms with van der Waals surface area (Å²) in [6, 6.07) is -0.618. The van der Waals surface area contributed by atoms with Crippen molar-refractivity contribution in [2.45, 2.75) is 38.6 Å². The van der Waals surface area contributed by atoms with Gasteiger partial charge in [0.2, 0.25) is 5.91 Å². The first kappa shape index (κ1) is 15.3. The molecular weight excluding hydrogens is 302 g/mol. The summed E-state index contributed by atoms with van der Waals surface area (Å²) in [5.41, 5.74) is 1.03. The van der Waals surface area contributed by atoms with Crippen molar-refractivity contribution in [3.05, 3.63) is 11.1 Å². The summed E-state index contributed by atoms with van der Waals surface area (Å²) in [5.74, 6) is -0.890. The van der Waals surface area contributed by atoms with E-state index in [1.165, 1.54) is 0 Å². The summed E-state index contributed by atoms with van der Waals surface area (Å²) < 4.78 is 0. The van der Waals surface area contributed by atoms with E-state index in [4.69, 9.17) is 0 Å². The first-order valence-electron chi connectivity index (χ1n) is 7.76. The van der Waals surface area contributed by atoms with E-state index < -0.39 is 12.0 Å². The van der Waals surface area contributed by atoms with Crippen molar-refractivity contribution in [3.63, 3.8) is 0 Å². The molecule has 1 N–H and O–H groups in total. The number of nitrogens with zero attached hydrogens (tertiary/aromatic N) is 3. The Morgan fingerprint density at radius 1 is 1.27 bits per heavy atom. The molecule has 1 atom stereocenters. The van der Waals surface area contributed by atoms with E-state index in [0.717, 1.165) is 43.2 Å². The van der Waals surface area contributed by atoms with Gasteiger partial charge in [0, 0.05) is 30.9 Å². The molecule has 2 aliphatic rings. The Balaban J connectivity index is 1.59. The molecule has 120 valence electrons. The number of piperidine rings is 1. The molecule has 1 aromatic rings. The third kappa shape index (κ3) is 2.95. The third-order valence-corrected chi connectivity index (χ3v) is 5.56. The zero-order valence-electron chi connectivity index (χ0n) is 12.7. The summed E-state index contributed by atoms with van der Waals surface area (Å²) in [6.45, 7) is 4.20. The fraction of sp³-hybridized carbons (Fsp3) is 0.667. The van der Waals surface area contributed by atoms with Gasteiger partial charge in [0.25, 0.3) is 0 Å². The molecule has 0 saturated carbocycles. The molecule has 1 aromatic heterocycles. The van der Waals surface area contributed by atoms with Gasteiger partial charge in [-0.1, -0.05) is 0 Å². The molecule has 3 rings (SSSR count). The smallest absolute Gasteiger partial charge is 0.326 e. The average Bonchev–Trinajstić information content (AvgIpc) is 3.15. The van der Waals surface area contributed by atoms with Crippen molar-refractivity contribution in [1.82, 2.24) is 9.88 Å². The highest BCUT2D eigenvalue weighted by Gasteiger charge is 2.38. The van der Waals surface area contributed by atoms with Gasteiger partial charge < -0.3 is 14.9 Å². The minimum Gasteiger partial charge on any atom is -0.480 e. The van der Waals surface area contributed by atoms with Crippen molar-refractivity contribution in [2.24, 2.45) is 5.92 Å². The summed E-state index contributed by atoms with van der Waals surface area (Å²) in [4.78, 5) is 32.1. The number of aliphatic carboxylic acids is 1. The van der Waals surface area contributed by atoms with Crippen molar-refractivity contribution >= 4 is 28.3 Å². The number of hydrogen-bond donors (Lipinski definition) is 1. The van der Waals surface area contributed by atoms with Gasteiger partial charge in [-0.25, -0.2) is 9.78 Å². The highest BCUT2D eigenvalue weighted by Crippen LogP contribution is 2.29. The Hall–Kier alpha value is -1.63. The molecule has 0 radical (unpaired) electrons. The van der Waals surface area contributed by atoms with Crippen molar-refractivity contribution in [3.8, 4) is 0 Å². The number of carbonyl (C=O) groups excluding carboxylic acids is 1. The fourth-order valence-electron chi connectivity index (χ4n) is 3.33. The Morgan fingerprint density at radius 2 is 2.00 bits per heavy atom. The number of likely N-dealkylation sites (tertiary alicyclic amines) is 1. The average molecular weight is 323 g/mol. The van der Waals surface area contributed by atoms with Gasteiger partial charge in [-0.3, -0.25) is 4.79 Å². The van der Waals surface area contributed by atoms with E-state index in [0.29, 0.717) is 13.0 Å². The lowest BCUT2D eigenvalue weighted by molar-refractivity contribution is -0.150. The van der Waals surface area contributed by atoms with Crippen LogP contribution in [0.3, 0.4) is 0 Å². The van der Waals surface area contributed by atoms with Crippen LogP contribution in [0.1, 0.15) is 31.4 Å². The lowest BCUT2D eigenvalue weighted by atomic mass is 9.95. The molecule has 22 heavy (non-hydrogen) atoms. The number of carboxylic acid groups (broad SMARTS) is 1. The number of amides is 1. The number of anilines is 1. The third-order valence-electron chi connectivity index (χ3n) is 4.54. The molecule has 0 unspecified atom stereocenters. The van der Waals surface area contributed by atoms with Crippen LogP contribution in [-0.2, 0) is 9.59 Å². The van der Waals surface area contributed by atoms with Crippen molar-refractivity contribution in [1.29, 1.82) is 0 Å². The highest BCUT2D eigenvalue weighted by atomic mass is 32.1. The largest absolute Gasteiger partial charge is 0.480 e. The zero-order chi connectivity index (χ0) is 15.7. The Bertz CT molecular complexity index is 566. The zero-order valence-corrected chi connectivity index (χ0v) is 13.5. The van der Waals surface area contributed by atoms with E-state index in [1.54, 1.807) is 16.2 Å². The van der Waals surface area contributed by atoms with Crippen LogP contribution in [0.15, 0.2) is 5.38 Å². The molecule has 3 heterocycles. The molecule has 0 spiro atoms. The second-order valence-electron chi connectivity index (χ2n) is 6.06. The number of carbonyl (C=O) groups is 2. The fourth-order valence-corrected chi connectivity index (χ4v) is 4.18. The van der Waals surface area contributed by atoms with Gasteiger partial charge in [0.1, 0.15) is 6.04 Å². The van der Waals surface area contributed by atoms with Gasteiger partial charge in [0.15, 0.2) is 5.13 Å². The Labute approximate surface area is 133 Å². The van der Waals surface area contributed by atoms with Gasteiger partial charge >= 0.3 is 5.97 Å². The quantitative estimate of drug-likeness (QED) is 0.917. The summed E-state index contributed by atoms with van der Waals surface area (Å²) in [5, 5.41) is 12.3. The van der Waals surface area contributed by atoms with Crippen LogP contribution >= 0.6 is 11.3 Å². The molecule has 1 amide bonds. The summed E-state index contributed by atoms with van der Waals surface area (Å²) >= 11 is 1.64. The molecule has 0 aliphatic carbocycles. The van der Waals surface area contributed by atoms with Gasteiger partial charge in [-0.05, 0) is 32.6 Å². The second-order valence-corrected chi connectivity index (χ2v) is 6.90. The molecule has 2 saturated heterocycles. The van der Waals surface area contributed by atoms with Gasteiger partial charge in [0.05, 0.1) is 5.69 Å². The normalized spacial score (nSPS) is 23.0. The van der Waals surface area contributed by atoms with Crippen LogP contribution < -0.4 is 4.90 Å². The first-order chi connectivity index (χ1) is 10.6. The van der Waals surface area contributed by atoms with E-state index >= 15 is 0 Å². The standard InChI is InChI=1S/C15H21N3O3S/c1-10-9-22-15(16-10)17-7-4-11(5-8-17)13(19)18-6-2-3-12(18)14(20)21/h9,11-12H,2-8H2,1H3,(H,20,21)/t12-/m1/s1. The van der Waals surface area contributed by atoms with Crippen LogP contribution in [0, 0.1) is 12.8 Å². The SMILES string of the molecule is Cc1csc(N2CCC(C(=O)N3CCC[C@@H]3C(=O)O)CC2)n1. The molecule has 0 aromatic carbocycles. The number of thiazole rings is 1. The second kappa shape index (κ2) is 6.24. The summed E-state index contributed by atoms with van der Waals surface area (Å²) in [7, 11) is 0.